The third-order valence-corrected chi connectivity index (χ3v) is 4.55. The monoisotopic (exact) mass is 312 g/mol. The average Bonchev–Trinajstić information content (AvgIpc) is 2.53. The normalized spacial score (nSPS) is 12.2. The van der Waals surface area contributed by atoms with E-state index in [9.17, 15) is 0 Å². The predicted molar refractivity (Wildman–Crippen MR) is 105 cm³/mol. The molecule has 120 valence electrons. The first-order chi connectivity index (χ1) is 11.5. The van der Waals surface area contributed by atoms with Crippen LogP contribution in [0.1, 0.15) is 33.4 Å². The molecule has 3 aromatic carbocycles. The zero-order valence-electron chi connectivity index (χ0n) is 15.0. The second-order valence-corrected chi connectivity index (χ2v) is 6.71. The Hall–Kier alpha value is -2.60. The zero-order chi connectivity index (χ0) is 17.3. The Kier molecular flexibility index (Phi) is 4.40. The Morgan fingerprint density at radius 3 is 1.96 bits per heavy atom. The first-order valence-electron chi connectivity index (χ1n) is 8.40. The van der Waals surface area contributed by atoms with Crippen LogP contribution in [0, 0.1) is 27.7 Å². The van der Waals surface area contributed by atoms with Gasteiger partial charge in [0.1, 0.15) is 0 Å². The van der Waals surface area contributed by atoms with Gasteiger partial charge in [0, 0.05) is 0 Å². The minimum Gasteiger partial charge on any atom is -0.0918 e. The average molecular weight is 312 g/mol. The summed E-state index contributed by atoms with van der Waals surface area (Å²) in [4.78, 5) is 0. The molecule has 3 aromatic rings. The van der Waals surface area contributed by atoms with Crippen LogP contribution >= 0.6 is 0 Å². The zero-order valence-corrected chi connectivity index (χ0v) is 15.0. The third-order valence-electron chi connectivity index (χ3n) is 4.55. The molecule has 0 aromatic heterocycles. The summed E-state index contributed by atoms with van der Waals surface area (Å²) in [6, 6.07) is 22.0. The molecule has 0 unspecified atom stereocenters. The molecule has 0 spiro atoms. The molecule has 0 N–H and O–H groups in total. The molecule has 3 rings (SSSR count). The molecular formula is C24H24. The van der Waals surface area contributed by atoms with E-state index in [4.69, 9.17) is 0 Å². The Balaban J connectivity index is 2.41. The van der Waals surface area contributed by atoms with Crippen molar-refractivity contribution in [2.45, 2.75) is 27.7 Å². The summed E-state index contributed by atoms with van der Waals surface area (Å²) in [7, 11) is 0. The molecule has 24 heavy (non-hydrogen) atoms. The molecule has 0 heteroatoms. The van der Waals surface area contributed by atoms with Crippen LogP contribution in [0.5, 0.6) is 0 Å². The lowest BCUT2D eigenvalue weighted by molar-refractivity contribution is 1.31. The topological polar surface area (TPSA) is 0 Å². The maximum Gasteiger partial charge on any atom is -0.00335 e. The van der Waals surface area contributed by atoms with Gasteiger partial charge in [0.25, 0.3) is 0 Å². The molecule has 0 nitrogen and oxygen atoms in total. The van der Waals surface area contributed by atoms with Gasteiger partial charge in [0.15, 0.2) is 0 Å². The van der Waals surface area contributed by atoms with E-state index in [0.29, 0.717) is 0 Å². The Morgan fingerprint density at radius 2 is 1.33 bits per heavy atom. The standard InChI is InChI=1S/C24H24/c1-16-6-10-21(11-7-16)24(22-12-8-17(2)14-19(22)4)23-13-9-18(3)15-20(23)5/h6-15H,2H2,1,3-5H3/b24-22+. The van der Waals surface area contributed by atoms with Crippen LogP contribution in [0.15, 0.2) is 60.7 Å². The van der Waals surface area contributed by atoms with Gasteiger partial charge in [-0.25, -0.2) is 0 Å². The molecule has 0 aliphatic heterocycles. The fourth-order valence-electron chi connectivity index (χ4n) is 3.28. The van der Waals surface area contributed by atoms with Crippen LogP contribution in [-0.4, -0.2) is 0 Å². The third kappa shape index (κ3) is 3.19. The van der Waals surface area contributed by atoms with E-state index in [2.05, 4.69) is 94.9 Å². The lowest BCUT2D eigenvalue weighted by atomic mass is 9.90. The summed E-state index contributed by atoms with van der Waals surface area (Å²) in [6.45, 7) is 12.7. The largest absolute Gasteiger partial charge is 0.0918 e. The Morgan fingerprint density at radius 1 is 0.667 bits per heavy atom. The second kappa shape index (κ2) is 6.49. The van der Waals surface area contributed by atoms with E-state index in [1.165, 1.54) is 44.2 Å². The molecule has 0 radical (unpaired) electrons. The van der Waals surface area contributed by atoms with Gasteiger partial charge in [-0.15, -0.1) is 0 Å². The van der Waals surface area contributed by atoms with Crippen molar-refractivity contribution in [2.24, 2.45) is 0 Å². The van der Waals surface area contributed by atoms with Crippen molar-refractivity contribution in [1.82, 2.24) is 0 Å². The Bertz CT molecular complexity index is 989. The van der Waals surface area contributed by atoms with Crippen molar-refractivity contribution in [1.29, 1.82) is 0 Å². The van der Waals surface area contributed by atoms with Gasteiger partial charge < -0.3 is 0 Å². The maximum absolute atomic E-state index is 4.06. The SMILES string of the molecule is C=c1cc/c(=C(/c2ccc(C)cc2)c2ccc(C)cc2C)c(C)c1. The van der Waals surface area contributed by atoms with Crippen molar-refractivity contribution in [3.63, 3.8) is 0 Å². The number of benzene rings is 3. The van der Waals surface area contributed by atoms with Crippen molar-refractivity contribution in [3.05, 3.63) is 104 Å². The lowest BCUT2D eigenvalue weighted by Crippen LogP contribution is -2.16. The smallest absolute Gasteiger partial charge is 0.00335 e. The van der Waals surface area contributed by atoms with E-state index in [1.54, 1.807) is 0 Å². The van der Waals surface area contributed by atoms with Gasteiger partial charge in [0.2, 0.25) is 0 Å². The number of hydrogen-bond donors (Lipinski definition) is 0. The molecule has 0 heterocycles. The van der Waals surface area contributed by atoms with Crippen molar-refractivity contribution >= 4 is 12.2 Å². The molecule has 0 aliphatic carbocycles. The molecule has 0 fully saturated rings. The van der Waals surface area contributed by atoms with Crippen LogP contribution in [0.4, 0.5) is 0 Å². The van der Waals surface area contributed by atoms with Gasteiger partial charge in [-0.05, 0) is 66.0 Å². The summed E-state index contributed by atoms with van der Waals surface area (Å²) in [6.07, 6.45) is 0. The summed E-state index contributed by atoms with van der Waals surface area (Å²) >= 11 is 0. The summed E-state index contributed by atoms with van der Waals surface area (Å²) in [5.74, 6) is 0. The highest BCUT2D eigenvalue weighted by Crippen LogP contribution is 2.25. The van der Waals surface area contributed by atoms with Crippen molar-refractivity contribution in [2.75, 3.05) is 0 Å². The van der Waals surface area contributed by atoms with Gasteiger partial charge in [-0.2, -0.15) is 0 Å². The highest BCUT2D eigenvalue weighted by molar-refractivity contribution is 5.81. The molecule has 0 bridgehead atoms. The first kappa shape index (κ1) is 16.3. The summed E-state index contributed by atoms with van der Waals surface area (Å²) < 4.78 is 0. The summed E-state index contributed by atoms with van der Waals surface area (Å²) in [5, 5.41) is 2.33. The Labute approximate surface area is 144 Å². The fourth-order valence-corrected chi connectivity index (χ4v) is 3.28. The number of hydrogen-bond acceptors (Lipinski definition) is 0. The highest BCUT2D eigenvalue weighted by atomic mass is 14.1. The van der Waals surface area contributed by atoms with Crippen molar-refractivity contribution < 1.29 is 0 Å². The molecule has 0 saturated carbocycles. The van der Waals surface area contributed by atoms with Gasteiger partial charge >= 0.3 is 0 Å². The van der Waals surface area contributed by atoms with Crippen LogP contribution in [-0.2, 0) is 0 Å². The molecular weight excluding hydrogens is 288 g/mol. The molecule has 0 saturated heterocycles. The molecule has 0 atom stereocenters. The minimum absolute atomic E-state index is 1.06. The molecule has 0 aliphatic rings. The van der Waals surface area contributed by atoms with E-state index in [-0.39, 0.29) is 0 Å². The first-order valence-corrected chi connectivity index (χ1v) is 8.40. The van der Waals surface area contributed by atoms with Crippen molar-refractivity contribution in [3.8, 4) is 0 Å². The van der Waals surface area contributed by atoms with Gasteiger partial charge in [-0.3, -0.25) is 0 Å². The van der Waals surface area contributed by atoms with E-state index < -0.39 is 0 Å². The quantitative estimate of drug-likeness (QED) is 0.650. The fraction of sp³-hybridized carbons (Fsp3) is 0.167. The minimum atomic E-state index is 1.06. The predicted octanol–water partition coefficient (Wildman–Crippen LogP) is 4.58. The second-order valence-electron chi connectivity index (χ2n) is 6.71. The summed E-state index contributed by atoms with van der Waals surface area (Å²) in [5.41, 5.74) is 9.00. The van der Waals surface area contributed by atoms with Crippen LogP contribution in [0.2, 0.25) is 0 Å². The van der Waals surface area contributed by atoms with E-state index in [0.717, 1.165) is 5.22 Å². The highest BCUT2D eigenvalue weighted by Gasteiger charge is 2.10. The van der Waals surface area contributed by atoms with Gasteiger partial charge in [-0.1, -0.05) is 78.4 Å². The van der Waals surface area contributed by atoms with Crippen LogP contribution in [0.25, 0.3) is 12.2 Å². The van der Waals surface area contributed by atoms with Gasteiger partial charge in [0.05, 0.1) is 0 Å². The lowest BCUT2D eigenvalue weighted by Gasteiger charge is -2.14. The van der Waals surface area contributed by atoms with Crippen LogP contribution < -0.4 is 10.4 Å². The van der Waals surface area contributed by atoms with E-state index in [1.807, 2.05) is 0 Å². The number of rotatable bonds is 2. The maximum atomic E-state index is 4.06. The number of aryl methyl sites for hydroxylation is 4. The van der Waals surface area contributed by atoms with E-state index >= 15 is 0 Å². The van der Waals surface area contributed by atoms with Crippen LogP contribution in [0.3, 0.4) is 0 Å². The molecule has 0 amide bonds.